The van der Waals surface area contributed by atoms with E-state index in [0.717, 1.165) is 65.4 Å². The monoisotopic (exact) mass is 446 g/mol. The molecule has 7 nitrogen and oxygen atoms in total. The molecular formula is C26H30N4O3. The van der Waals surface area contributed by atoms with Crippen LogP contribution in [0, 0.1) is 0 Å². The van der Waals surface area contributed by atoms with Crippen LogP contribution in [-0.4, -0.2) is 33.9 Å². The fourth-order valence-electron chi connectivity index (χ4n) is 3.70. The topological polar surface area (TPSA) is 78.3 Å². The molecule has 33 heavy (non-hydrogen) atoms. The number of carbonyl (C=O) groups is 1. The van der Waals surface area contributed by atoms with Crippen LogP contribution in [0.1, 0.15) is 44.0 Å². The molecule has 0 saturated carbocycles. The van der Waals surface area contributed by atoms with E-state index >= 15 is 0 Å². The van der Waals surface area contributed by atoms with Gasteiger partial charge in [0, 0.05) is 18.4 Å². The van der Waals surface area contributed by atoms with E-state index in [4.69, 9.17) is 14.6 Å². The molecule has 0 atom stereocenters. The maximum Gasteiger partial charge on any atom is 0.407 e. The zero-order valence-electron chi connectivity index (χ0n) is 19.0. The quantitative estimate of drug-likeness (QED) is 0.326. The number of pyridine rings is 1. The van der Waals surface area contributed by atoms with Crippen molar-refractivity contribution in [3.63, 3.8) is 0 Å². The Bertz CT molecular complexity index is 1190. The number of fused-ring (bicyclic) bond motifs is 3. The number of hydrogen-bond donors (Lipinski definition) is 1. The number of hydrogen-bond acceptors (Lipinski definition) is 5. The second-order valence-corrected chi connectivity index (χ2v) is 7.96. The summed E-state index contributed by atoms with van der Waals surface area (Å²) in [6.45, 7) is 3.51. The first-order valence-electron chi connectivity index (χ1n) is 11.6. The van der Waals surface area contributed by atoms with Gasteiger partial charge in [-0.3, -0.25) is 4.98 Å². The summed E-state index contributed by atoms with van der Waals surface area (Å²) < 4.78 is 7.12. The van der Waals surface area contributed by atoms with E-state index in [0.29, 0.717) is 13.2 Å². The number of nitrogens with zero attached hydrogens (tertiary/aromatic N) is 3. The highest BCUT2D eigenvalue weighted by molar-refractivity contribution is 6.02. The van der Waals surface area contributed by atoms with Crippen molar-refractivity contribution >= 4 is 28.0 Å². The molecule has 0 unspecified atom stereocenters. The average molecular weight is 447 g/mol. The van der Waals surface area contributed by atoms with Gasteiger partial charge in [-0.25, -0.2) is 9.78 Å². The van der Waals surface area contributed by atoms with E-state index in [-0.39, 0.29) is 6.61 Å². The number of carbonyl (C=O) groups excluding carboxylic acids is 1. The molecule has 0 saturated heterocycles. The molecule has 7 heteroatoms. The van der Waals surface area contributed by atoms with Crippen molar-refractivity contribution in [2.75, 3.05) is 13.2 Å². The molecule has 2 aromatic carbocycles. The second-order valence-electron chi connectivity index (χ2n) is 7.96. The van der Waals surface area contributed by atoms with Crippen LogP contribution in [0.2, 0.25) is 0 Å². The second kappa shape index (κ2) is 11.3. The number of alkyl carbamates (subject to hydrolysis) is 1. The largest absolute Gasteiger partial charge is 0.445 e. The van der Waals surface area contributed by atoms with Crippen molar-refractivity contribution in [3.8, 4) is 0 Å². The highest BCUT2D eigenvalue weighted by Gasteiger charge is 2.15. The lowest BCUT2D eigenvalue weighted by atomic mass is 10.2. The predicted molar refractivity (Wildman–Crippen MR) is 129 cm³/mol. The van der Waals surface area contributed by atoms with Crippen LogP contribution in [0.25, 0.3) is 21.9 Å². The van der Waals surface area contributed by atoms with Crippen LogP contribution >= 0.6 is 0 Å². The zero-order valence-corrected chi connectivity index (χ0v) is 19.0. The third-order valence-electron chi connectivity index (χ3n) is 5.44. The summed E-state index contributed by atoms with van der Waals surface area (Å²) in [7, 11) is 0. The van der Waals surface area contributed by atoms with Crippen molar-refractivity contribution in [3.05, 3.63) is 72.2 Å². The maximum absolute atomic E-state index is 11.9. The molecule has 0 aliphatic rings. The number of aromatic nitrogens is 3. The van der Waals surface area contributed by atoms with E-state index in [1.165, 1.54) is 0 Å². The number of ether oxygens (including phenoxy) is 1. The Morgan fingerprint density at radius 2 is 1.82 bits per heavy atom. The number of unbranched alkanes of at least 4 members (excludes halogenated alkanes) is 2. The van der Waals surface area contributed by atoms with Crippen molar-refractivity contribution in [1.29, 1.82) is 0 Å². The predicted octanol–water partition coefficient (Wildman–Crippen LogP) is 5.06. The maximum atomic E-state index is 11.9. The molecule has 4 aromatic rings. The number of benzene rings is 2. The molecule has 1 N–H and O–H groups in total. The summed E-state index contributed by atoms with van der Waals surface area (Å²) in [5.74, 6) is 0.924. The van der Waals surface area contributed by atoms with Gasteiger partial charge in [0.15, 0.2) is 0 Å². The number of imidazole rings is 1. The number of nitrogens with one attached hydrogen (secondary N) is 1. The summed E-state index contributed by atoms with van der Waals surface area (Å²) in [5.41, 5.74) is 3.71. The number of amides is 1. The van der Waals surface area contributed by atoms with Crippen LogP contribution in [0.15, 0.2) is 60.8 Å². The van der Waals surface area contributed by atoms with Gasteiger partial charge in [0.05, 0.1) is 11.7 Å². The van der Waals surface area contributed by atoms with Gasteiger partial charge in [-0.2, -0.15) is 4.73 Å². The Labute approximate surface area is 193 Å². The minimum atomic E-state index is -0.402. The third kappa shape index (κ3) is 5.80. The molecule has 0 fully saturated rings. The molecule has 2 aromatic heterocycles. The summed E-state index contributed by atoms with van der Waals surface area (Å²) >= 11 is 0. The lowest BCUT2D eigenvalue weighted by molar-refractivity contribution is 0.108. The average Bonchev–Trinajstić information content (AvgIpc) is 3.22. The van der Waals surface area contributed by atoms with Gasteiger partial charge in [-0.15, -0.1) is 0 Å². The van der Waals surface area contributed by atoms with Gasteiger partial charge in [-0.1, -0.05) is 61.9 Å². The van der Waals surface area contributed by atoms with Crippen molar-refractivity contribution < 1.29 is 14.4 Å². The minimum Gasteiger partial charge on any atom is -0.445 e. The number of para-hydroxylation sites is 1. The molecule has 1 amide bonds. The van der Waals surface area contributed by atoms with Crippen molar-refractivity contribution in [1.82, 2.24) is 20.0 Å². The van der Waals surface area contributed by atoms with Gasteiger partial charge in [0.25, 0.3) is 0 Å². The van der Waals surface area contributed by atoms with E-state index in [9.17, 15) is 4.79 Å². The summed E-state index contributed by atoms with van der Waals surface area (Å²) in [5, 5.41) is 3.83. The Balaban J connectivity index is 1.30. The smallest absolute Gasteiger partial charge is 0.407 e. The lowest BCUT2D eigenvalue weighted by Gasteiger charge is -2.12. The number of rotatable bonds is 11. The standard InChI is InChI=1S/C26H30N4O3/c1-2-3-15-24-29-23-18-28-22-14-8-7-13-21(22)25(23)30(24)33-17-10-9-16-27-26(31)32-19-20-11-5-4-6-12-20/h4-8,11-14,18H,2-3,9-10,15-17,19H2,1H3,(H,27,31). The molecule has 0 radical (unpaired) electrons. The Morgan fingerprint density at radius 1 is 1.00 bits per heavy atom. The molecule has 2 heterocycles. The van der Waals surface area contributed by atoms with E-state index < -0.39 is 6.09 Å². The SMILES string of the molecule is CCCCc1nc2cnc3ccccc3c2n1OCCCCNC(=O)OCc1ccccc1. The summed E-state index contributed by atoms with van der Waals surface area (Å²) in [6, 6.07) is 17.7. The highest BCUT2D eigenvalue weighted by Crippen LogP contribution is 2.24. The first-order chi connectivity index (χ1) is 16.3. The lowest BCUT2D eigenvalue weighted by Crippen LogP contribution is -2.25. The fourth-order valence-corrected chi connectivity index (χ4v) is 3.70. The normalized spacial score (nSPS) is 11.1. The summed E-state index contributed by atoms with van der Waals surface area (Å²) in [6.07, 6.45) is 6.00. The zero-order chi connectivity index (χ0) is 22.9. The minimum absolute atomic E-state index is 0.271. The van der Waals surface area contributed by atoms with E-state index in [2.05, 4.69) is 23.3 Å². The van der Waals surface area contributed by atoms with Gasteiger partial charge in [0.2, 0.25) is 0 Å². The highest BCUT2D eigenvalue weighted by atomic mass is 16.7. The van der Waals surface area contributed by atoms with Gasteiger partial charge in [-0.05, 0) is 30.9 Å². The molecule has 4 rings (SSSR count). The first-order valence-corrected chi connectivity index (χ1v) is 11.6. The van der Waals surface area contributed by atoms with Gasteiger partial charge >= 0.3 is 6.09 Å². The Morgan fingerprint density at radius 3 is 2.67 bits per heavy atom. The molecule has 0 aliphatic heterocycles. The van der Waals surface area contributed by atoms with E-state index in [1.54, 1.807) is 0 Å². The summed E-state index contributed by atoms with van der Waals surface area (Å²) in [4.78, 5) is 27.4. The Hall–Kier alpha value is -3.61. The van der Waals surface area contributed by atoms with Crippen LogP contribution in [0.4, 0.5) is 4.79 Å². The van der Waals surface area contributed by atoms with Crippen molar-refractivity contribution in [2.24, 2.45) is 0 Å². The molecule has 0 aliphatic carbocycles. The van der Waals surface area contributed by atoms with Crippen LogP contribution in [-0.2, 0) is 17.8 Å². The molecule has 172 valence electrons. The van der Waals surface area contributed by atoms with E-state index in [1.807, 2.05) is 59.5 Å². The molecule has 0 bridgehead atoms. The fraction of sp³-hybridized carbons (Fsp3) is 0.346. The van der Waals surface area contributed by atoms with Gasteiger partial charge < -0.3 is 14.9 Å². The molecular weight excluding hydrogens is 416 g/mol. The van der Waals surface area contributed by atoms with Gasteiger partial charge in [0.1, 0.15) is 30.1 Å². The van der Waals surface area contributed by atoms with Crippen LogP contribution < -0.4 is 10.2 Å². The van der Waals surface area contributed by atoms with Crippen molar-refractivity contribution in [2.45, 2.75) is 45.6 Å². The Kier molecular flexibility index (Phi) is 7.74. The van der Waals surface area contributed by atoms with Crippen LogP contribution in [0.5, 0.6) is 0 Å². The first kappa shape index (κ1) is 22.6. The third-order valence-corrected chi connectivity index (χ3v) is 5.44. The molecule has 0 spiro atoms. The number of aryl methyl sites for hydroxylation is 1. The van der Waals surface area contributed by atoms with Crippen LogP contribution in [0.3, 0.4) is 0 Å².